The minimum atomic E-state index is -4.51. The lowest BCUT2D eigenvalue weighted by atomic mass is 10.2. The Morgan fingerprint density at radius 3 is 2.65 bits per heavy atom. The summed E-state index contributed by atoms with van der Waals surface area (Å²) >= 11 is 0. The molecular weight excluding hydrogens is 421 g/mol. The van der Waals surface area contributed by atoms with Gasteiger partial charge in [-0.25, -0.2) is 18.4 Å². The van der Waals surface area contributed by atoms with Gasteiger partial charge < -0.3 is 10.3 Å². The number of amides is 1. The Bertz CT molecular complexity index is 1270. The molecule has 4 aromatic rings. The van der Waals surface area contributed by atoms with Crippen LogP contribution in [-0.2, 0) is 6.18 Å². The number of H-pyrrole nitrogens is 1. The molecule has 0 aliphatic rings. The highest BCUT2D eigenvalue weighted by Crippen LogP contribution is 2.30. The first-order valence-electron chi connectivity index (χ1n) is 8.95. The zero-order valence-electron chi connectivity index (χ0n) is 15.8. The van der Waals surface area contributed by atoms with E-state index in [9.17, 15) is 26.7 Å². The zero-order chi connectivity index (χ0) is 22.3. The molecule has 160 valence electrons. The number of imidazole rings is 1. The lowest BCUT2D eigenvalue weighted by Gasteiger charge is -2.10. The summed E-state index contributed by atoms with van der Waals surface area (Å²) in [4.78, 5) is 18.9. The van der Waals surface area contributed by atoms with Crippen molar-refractivity contribution in [2.24, 2.45) is 0 Å². The van der Waals surface area contributed by atoms with Crippen LogP contribution in [0.15, 0.2) is 48.7 Å². The Kier molecular flexibility index (Phi) is 4.96. The van der Waals surface area contributed by atoms with Gasteiger partial charge in [-0.3, -0.25) is 4.79 Å². The molecule has 0 aliphatic carbocycles. The number of nitrogens with zero attached hydrogens (tertiary/aromatic N) is 3. The van der Waals surface area contributed by atoms with Gasteiger partial charge in [-0.2, -0.15) is 18.3 Å². The molecule has 2 aromatic heterocycles. The second-order valence-corrected chi connectivity index (χ2v) is 6.71. The van der Waals surface area contributed by atoms with Crippen molar-refractivity contribution < 1.29 is 26.7 Å². The largest absolute Gasteiger partial charge is 0.416 e. The van der Waals surface area contributed by atoms with Crippen molar-refractivity contribution in [1.29, 1.82) is 0 Å². The molecule has 0 spiro atoms. The summed E-state index contributed by atoms with van der Waals surface area (Å²) in [5.41, 5.74) is 0.779. The van der Waals surface area contributed by atoms with Crippen LogP contribution in [0.4, 0.5) is 27.6 Å². The van der Waals surface area contributed by atoms with Crippen molar-refractivity contribution in [1.82, 2.24) is 19.7 Å². The number of hydrogen-bond acceptors (Lipinski definition) is 3. The fourth-order valence-corrected chi connectivity index (χ4v) is 3.12. The fraction of sp³-hybridized carbons (Fsp3) is 0.150. The first-order chi connectivity index (χ1) is 14.6. The standard InChI is InChI=1S/C20H14F5N5O/c1-10-14(9-26-30(10)13-4-2-3-11(7-13)20(23,24)25)19(31)27-12-5-6-15-16(8-12)29-18(28-15)17(21)22/h2-9,17H,1H3,(H,27,31)(H,28,29). The normalized spacial score (nSPS) is 12.0. The molecule has 2 heterocycles. The molecule has 0 saturated carbocycles. The molecule has 0 aliphatic heterocycles. The molecular formula is C20H14F5N5O. The number of aromatic nitrogens is 4. The minimum absolute atomic E-state index is 0.149. The molecule has 0 saturated heterocycles. The fourth-order valence-electron chi connectivity index (χ4n) is 3.12. The van der Waals surface area contributed by atoms with Crippen LogP contribution < -0.4 is 5.32 Å². The molecule has 0 fully saturated rings. The van der Waals surface area contributed by atoms with Crippen LogP contribution in [0.25, 0.3) is 16.7 Å². The van der Waals surface area contributed by atoms with E-state index in [0.717, 1.165) is 12.1 Å². The summed E-state index contributed by atoms with van der Waals surface area (Å²) < 4.78 is 65.7. The van der Waals surface area contributed by atoms with E-state index >= 15 is 0 Å². The Morgan fingerprint density at radius 1 is 1.16 bits per heavy atom. The van der Waals surface area contributed by atoms with E-state index in [0.29, 0.717) is 22.4 Å². The number of carbonyl (C=O) groups excluding carboxylic acids is 1. The average molecular weight is 435 g/mol. The van der Waals surface area contributed by atoms with E-state index in [2.05, 4.69) is 20.4 Å². The van der Waals surface area contributed by atoms with Crippen LogP contribution >= 0.6 is 0 Å². The van der Waals surface area contributed by atoms with Gasteiger partial charge in [0.05, 0.1) is 39.7 Å². The highest BCUT2D eigenvalue weighted by Gasteiger charge is 2.30. The number of rotatable bonds is 4. The summed E-state index contributed by atoms with van der Waals surface area (Å²) in [7, 11) is 0. The number of alkyl halides is 5. The Balaban J connectivity index is 1.59. The van der Waals surface area contributed by atoms with E-state index < -0.39 is 29.9 Å². The van der Waals surface area contributed by atoms with Gasteiger partial charge in [-0.1, -0.05) is 6.07 Å². The number of fused-ring (bicyclic) bond motifs is 1. The van der Waals surface area contributed by atoms with E-state index in [1.54, 1.807) is 6.92 Å². The molecule has 2 N–H and O–H groups in total. The minimum Gasteiger partial charge on any atom is -0.337 e. The van der Waals surface area contributed by atoms with Crippen molar-refractivity contribution in [3.8, 4) is 5.69 Å². The van der Waals surface area contributed by atoms with Crippen LogP contribution in [0.5, 0.6) is 0 Å². The number of hydrogen-bond donors (Lipinski definition) is 2. The van der Waals surface area contributed by atoms with Crippen molar-refractivity contribution in [3.63, 3.8) is 0 Å². The van der Waals surface area contributed by atoms with Crippen molar-refractivity contribution in [3.05, 3.63) is 71.3 Å². The van der Waals surface area contributed by atoms with Crippen molar-refractivity contribution in [2.75, 3.05) is 5.32 Å². The van der Waals surface area contributed by atoms with Crippen LogP contribution in [-0.4, -0.2) is 25.7 Å². The van der Waals surface area contributed by atoms with Gasteiger partial charge in [-0.05, 0) is 43.3 Å². The van der Waals surface area contributed by atoms with Crippen molar-refractivity contribution >= 4 is 22.6 Å². The summed E-state index contributed by atoms with van der Waals surface area (Å²) in [6.45, 7) is 1.55. The van der Waals surface area contributed by atoms with Gasteiger partial charge in [0.1, 0.15) is 0 Å². The van der Waals surface area contributed by atoms with E-state index in [-0.39, 0.29) is 11.3 Å². The van der Waals surface area contributed by atoms with Crippen molar-refractivity contribution in [2.45, 2.75) is 19.5 Å². The lowest BCUT2D eigenvalue weighted by Crippen LogP contribution is -2.13. The van der Waals surface area contributed by atoms with E-state index in [1.807, 2.05) is 0 Å². The second-order valence-electron chi connectivity index (χ2n) is 6.71. The SMILES string of the molecule is Cc1c(C(=O)Nc2ccc3nc(C(F)F)[nH]c3c2)cnn1-c1cccc(C(F)(F)F)c1. The average Bonchev–Trinajstić information content (AvgIpc) is 3.30. The topological polar surface area (TPSA) is 75.6 Å². The molecule has 0 unspecified atom stereocenters. The third kappa shape index (κ3) is 3.98. The van der Waals surface area contributed by atoms with Gasteiger partial charge >= 0.3 is 6.18 Å². The highest BCUT2D eigenvalue weighted by molar-refractivity contribution is 6.05. The molecule has 0 bridgehead atoms. The zero-order valence-corrected chi connectivity index (χ0v) is 15.8. The molecule has 11 heteroatoms. The number of carbonyl (C=O) groups is 1. The molecule has 0 atom stereocenters. The van der Waals surface area contributed by atoms with E-state index in [1.165, 1.54) is 41.2 Å². The molecule has 2 aromatic carbocycles. The Labute approximate surface area is 171 Å². The van der Waals surface area contributed by atoms with Gasteiger partial charge in [0.2, 0.25) is 0 Å². The Hall–Kier alpha value is -3.76. The first kappa shape index (κ1) is 20.5. The Morgan fingerprint density at radius 2 is 1.94 bits per heavy atom. The molecule has 4 rings (SSSR count). The molecule has 1 amide bonds. The highest BCUT2D eigenvalue weighted by atomic mass is 19.4. The summed E-state index contributed by atoms with van der Waals surface area (Å²) in [6, 6.07) is 9.03. The summed E-state index contributed by atoms with van der Waals surface area (Å²) in [6.07, 6.45) is -6.02. The van der Waals surface area contributed by atoms with Crippen LogP contribution in [0.2, 0.25) is 0 Å². The number of halogens is 5. The third-order valence-corrected chi connectivity index (χ3v) is 4.64. The summed E-state index contributed by atoms with van der Waals surface area (Å²) in [5.74, 6) is -1.03. The second kappa shape index (κ2) is 7.49. The summed E-state index contributed by atoms with van der Waals surface area (Å²) in [5, 5.41) is 6.66. The molecule has 0 radical (unpaired) electrons. The van der Waals surface area contributed by atoms with Gasteiger partial charge in [0.15, 0.2) is 5.82 Å². The monoisotopic (exact) mass is 435 g/mol. The van der Waals surface area contributed by atoms with Gasteiger partial charge in [0, 0.05) is 5.69 Å². The number of benzene rings is 2. The van der Waals surface area contributed by atoms with Crippen LogP contribution in [0.1, 0.15) is 33.9 Å². The lowest BCUT2D eigenvalue weighted by molar-refractivity contribution is -0.137. The maximum absolute atomic E-state index is 13.0. The van der Waals surface area contributed by atoms with Crippen LogP contribution in [0, 0.1) is 6.92 Å². The quantitative estimate of drug-likeness (QED) is 0.429. The molecule has 6 nitrogen and oxygen atoms in total. The number of aromatic amines is 1. The number of anilines is 1. The maximum atomic E-state index is 13.0. The third-order valence-electron chi connectivity index (χ3n) is 4.64. The number of nitrogens with one attached hydrogen (secondary N) is 2. The van der Waals surface area contributed by atoms with Crippen LogP contribution in [0.3, 0.4) is 0 Å². The van der Waals surface area contributed by atoms with Gasteiger partial charge in [-0.15, -0.1) is 0 Å². The first-order valence-corrected chi connectivity index (χ1v) is 8.95. The molecule has 31 heavy (non-hydrogen) atoms. The predicted octanol–water partition coefficient (Wildman–Crippen LogP) is 5.27. The maximum Gasteiger partial charge on any atom is 0.416 e. The smallest absolute Gasteiger partial charge is 0.337 e. The predicted molar refractivity (Wildman–Crippen MR) is 102 cm³/mol. The van der Waals surface area contributed by atoms with E-state index in [4.69, 9.17) is 0 Å². The van der Waals surface area contributed by atoms with Gasteiger partial charge in [0.25, 0.3) is 12.3 Å².